The molecular formula is C12H18FNO3. The Balaban J connectivity index is 2.12. The molecular weight excluding hydrogens is 225 g/mol. The highest BCUT2D eigenvalue weighted by Gasteiger charge is 2.50. The van der Waals surface area contributed by atoms with Crippen molar-refractivity contribution in [1.82, 2.24) is 4.90 Å². The maximum Gasteiger partial charge on any atom is 0.410 e. The van der Waals surface area contributed by atoms with Crippen LogP contribution >= 0.6 is 0 Å². The molecule has 17 heavy (non-hydrogen) atoms. The molecule has 2 saturated heterocycles. The molecule has 0 spiro atoms. The summed E-state index contributed by atoms with van der Waals surface area (Å²) >= 11 is 0. The van der Waals surface area contributed by atoms with Gasteiger partial charge in [0.25, 0.3) is 0 Å². The van der Waals surface area contributed by atoms with E-state index in [9.17, 15) is 14.0 Å². The van der Waals surface area contributed by atoms with Gasteiger partial charge in [-0.3, -0.25) is 9.69 Å². The summed E-state index contributed by atoms with van der Waals surface area (Å²) in [4.78, 5) is 24.7. The summed E-state index contributed by atoms with van der Waals surface area (Å²) < 4.78 is 19.0. The van der Waals surface area contributed by atoms with Crippen molar-refractivity contribution in [3.63, 3.8) is 0 Å². The first-order valence-corrected chi connectivity index (χ1v) is 5.98. The summed E-state index contributed by atoms with van der Waals surface area (Å²) in [6.07, 6.45) is -0.675. The molecule has 0 aromatic carbocycles. The van der Waals surface area contributed by atoms with E-state index >= 15 is 0 Å². The van der Waals surface area contributed by atoms with E-state index in [-0.39, 0.29) is 18.2 Å². The van der Waals surface area contributed by atoms with Gasteiger partial charge in [-0.15, -0.1) is 0 Å². The second kappa shape index (κ2) is 3.96. The van der Waals surface area contributed by atoms with Gasteiger partial charge in [0.1, 0.15) is 5.60 Å². The third-order valence-corrected chi connectivity index (χ3v) is 3.23. The maximum absolute atomic E-state index is 13.7. The second-order valence-electron chi connectivity index (χ2n) is 5.76. The molecule has 2 rings (SSSR count). The van der Waals surface area contributed by atoms with Crippen molar-refractivity contribution < 1.29 is 18.7 Å². The Kier molecular flexibility index (Phi) is 2.87. The van der Waals surface area contributed by atoms with E-state index in [1.165, 1.54) is 4.90 Å². The first kappa shape index (κ1) is 12.3. The van der Waals surface area contributed by atoms with Gasteiger partial charge in [-0.2, -0.15) is 0 Å². The smallest absolute Gasteiger partial charge is 0.410 e. The van der Waals surface area contributed by atoms with E-state index in [1.807, 2.05) is 0 Å². The van der Waals surface area contributed by atoms with Gasteiger partial charge in [-0.05, 0) is 33.6 Å². The molecule has 96 valence electrons. The van der Waals surface area contributed by atoms with Gasteiger partial charge in [-0.1, -0.05) is 0 Å². The highest BCUT2D eigenvalue weighted by molar-refractivity contribution is 5.87. The third-order valence-electron chi connectivity index (χ3n) is 3.23. The number of carbonyl (C=O) groups excluding carboxylic acids is 2. The van der Waals surface area contributed by atoms with Crippen LogP contribution in [-0.2, 0) is 9.53 Å². The number of hydrogen-bond donors (Lipinski definition) is 0. The largest absolute Gasteiger partial charge is 0.444 e. The Morgan fingerprint density at radius 2 is 2.06 bits per heavy atom. The maximum atomic E-state index is 13.7. The molecule has 5 heteroatoms. The van der Waals surface area contributed by atoms with Crippen molar-refractivity contribution in [2.45, 2.75) is 63.9 Å². The molecule has 1 unspecified atom stereocenters. The fraction of sp³-hybridized carbons (Fsp3) is 0.833. The number of amides is 1. The number of fused-ring (bicyclic) bond motifs is 2. The Morgan fingerprint density at radius 1 is 1.41 bits per heavy atom. The fourth-order valence-electron chi connectivity index (χ4n) is 2.56. The van der Waals surface area contributed by atoms with Crippen LogP contribution in [0.25, 0.3) is 0 Å². The minimum Gasteiger partial charge on any atom is -0.444 e. The molecule has 0 aliphatic carbocycles. The van der Waals surface area contributed by atoms with Crippen LogP contribution in [0.5, 0.6) is 0 Å². The van der Waals surface area contributed by atoms with Crippen LogP contribution in [0.1, 0.15) is 40.0 Å². The number of hydrogen-bond acceptors (Lipinski definition) is 3. The minimum atomic E-state index is -1.54. The average molecular weight is 243 g/mol. The number of carbonyl (C=O) groups is 2. The Labute approximate surface area is 100 Å². The molecule has 2 aliphatic heterocycles. The third kappa shape index (κ3) is 2.28. The van der Waals surface area contributed by atoms with E-state index in [2.05, 4.69) is 0 Å². The quantitative estimate of drug-likeness (QED) is 0.654. The lowest BCUT2D eigenvalue weighted by molar-refractivity contribution is -0.130. The van der Waals surface area contributed by atoms with Crippen LogP contribution in [0, 0.1) is 0 Å². The number of ether oxygens (including phenoxy) is 1. The highest BCUT2D eigenvalue weighted by Crippen LogP contribution is 2.36. The second-order valence-corrected chi connectivity index (χ2v) is 5.76. The van der Waals surface area contributed by atoms with Crippen molar-refractivity contribution in [3.05, 3.63) is 0 Å². The zero-order valence-electron chi connectivity index (χ0n) is 10.4. The van der Waals surface area contributed by atoms with E-state index in [4.69, 9.17) is 4.74 Å². The zero-order valence-corrected chi connectivity index (χ0v) is 10.4. The first-order valence-electron chi connectivity index (χ1n) is 5.98. The van der Waals surface area contributed by atoms with E-state index in [0.717, 1.165) is 0 Å². The molecule has 0 aromatic rings. The molecule has 0 aromatic heterocycles. The number of rotatable bonds is 0. The lowest BCUT2D eigenvalue weighted by atomic mass is 10.0. The molecule has 0 radical (unpaired) electrons. The Morgan fingerprint density at radius 3 is 2.65 bits per heavy atom. The van der Waals surface area contributed by atoms with Crippen molar-refractivity contribution in [2.75, 3.05) is 0 Å². The minimum absolute atomic E-state index is 0.122. The van der Waals surface area contributed by atoms with Crippen molar-refractivity contribution in [2.24, 2.45) is 0 Å². The van der Waals surface area contributed by atoms with Crippen molar-refractivity contribution in [1.29, 1.82) is 0 Å². The number of Topliss-reactive ketones (excluding diaryl/α,β-unsaturated/α-hetero) is 1. The molecule has 4 nitrogen and oxygen atoms in total. The summed E-state index contributed by atoms with van der Waals surface area (Å²) in [6, 6.07) is -0.787. The van der Waals surface area contributed by atoms with Gasteiger partial charge in [-0.25, -0.2) is 9.18 Å². The summed E-state index contributed by atoms with van der Waals surface area (Å²) in [5, 5.41) is 0. The van der Waals surface area contributed by atoms with Crippen LogP contribution in [0.4, 0.5) is 9.18 Å². The predicted octanol–water partition coefficient (Wildman–Crippen LogP) is 2.07. The lowest BCUT2D eigenvalue weighted by Crippen LogP contribution is -2.54. The first-order chi connectivity index (χ1) is 7.79. The molecule has 2 fully saturated rings. The molecule has 1 amide bonds. The molecule has 2 aliphatic rings. The van der Waals surface area contributed by atoms with Gasteiger partial charge >= 0.3 is 6.09 Å². The Bertz CT molecular complexity index is 350. The fourth-order valence-corrected chi connectivity index (χ4v) is 2.56. The Hall–Kier alpha value is -1.13. The van der Waals surface area contributed by atoms with E-state index in [1.54, 1.807) is 20.8 Å². The number of alkyl halides is 1. The van der Waals surface area contributed by atoms with Crippen molar-refractivity contribution in [3.8, 4) is 0 Å². The van der Waals surface area contributed by atoms with Gasteiger partial charge in [0.15, 0.2) is 12.0 Å². The van der Waals surface area contributed by atoms with Gasteiger partial charge in [0, 0.05) is 12.5 Å². The average Bonchev–Trinajstić information content (AvgIpc) is 2.51. The van der Waals surface area contributed by atoms with Crippen molar-refractivity contribution >= 4 is 11.9 Å². The molecule has 0 N–H and O–H groups in total. The summed E-state index contributed by atoms with van der Waals surface area (Å²) in [7, 11) is 0. The normalized spacial score (nSPS) is 32.8. The van der Waals surface area contributed by atoms with Crippen LogP contribution in [0.15, 0.2) is 0 Å². The zero-order chi connectivity index (χ0) is 12.8. The molecule has 2 heterocycles. The van der Waals surface area contributed by atoms with E-state index in [0.29, 0.717) is 12.8 Å². The lowest BCUT2D eigenvalue weighted by Gasteiger charge is -2.36. The number of nitrogens with zero attached hydrogens (tertiary/aromatic N) is 1. The van der Waals surface area contributed by atoms with Gasteiger partial charge in [0.05, 0.1) is 6.04 Å². The predicted molar refractivity (Wildman–Crippen MR) is 59.4 cm³/mol. The van der Waals surface area contributed by atoms with Crippen LogP contribution in [0.2, 0.25) is 0 Å². The number of ketones is 1. The monoisotopic (exact) mass is 243 g/mol. The van der Waals surface area contributed by atoms with E-state index < -0.39 is 23.9 Å². The molecule has 2 bridgehead atoms. The molecule has 0 saturated carbocycles. The molecule has 3 atom stereocenters. The standard InChI is InChI=1S/C12H18FNO3/c1-12(2,3)17-11(16)14-7-4-5-8(14)10(13)9(15)6-7/h7-8,10H,4-6H2,1-3H3/t7?,8-,10-/m0/s1. The SMILES string of the molecule is CC(C)(C)OC(=O)N1C2CC[C@H]1[C@H](F)C(=O)C2. The summed E-state index contributed by atoms with van der Waals surface area (Å²) in [5.41, 5.74) is -0.593. The van der Waals surface area contributed by atoms with Gasteiger partial charge in [0.2, 0.25) is 0 Å². The number of piperidine rings is 1. The highest BCUT2D eigenvalue weighted by atomic mass is 19.1. The summed E-state index contributed by atoms with van der Waals surface area (Å²) in [6.45, 7) is 5.32. The van der Waals surface area contributed by atoms with Gasteiger partial charge < -0.3 is 4.74 Å². The summed E-state index contributed by atoms with van der Waals surface area (Å²) in [5.74, 6) is -0.377. The van der Waals surface area contributed by atoms with Crippen LogP contribution in [0.3, 0.4) is 0 Å². The van der Waals surface area contributed by atoms with Crippen LogP contribution < -0.4 is 0 Å². The van der Waals surface area contributed by atoms with Crippen LogP contribution in [-0.4, -0.2) is 40.6 Å². The topological polar surface area (TPSA) is 46.6 Å². The number of halogens is 1.